The van der Waals surface area contributed by atoms with E-state index in [0.29, 0.717) is 24.0 Å². The van der Waals surface area contributed by atoms with Gasteiger partial charge in [0.15, 0.2) is 0 Å². The number of alkyl halides is 3. The molecule has 1 saturated heterocycles. The fourth-order valence-electron chi connectivity index (χ4n) is 3.30. The van der Waals surface area contributed by atoms with Crippen molar-refractivity contribution in [3.8, 4) is 5.75 Å². The summed E-state index contributed by atoms with van der Waals surface area (Å²) in [5.41, 5.74) is -4.31. The maximum atomic E-state index is 12.4. The lowest BCUT2D eigenvalue weighted by Crippen LogP contribution is -2.42. The van der Waals surface area contributed by atoms with Crippen LogP contribution in [0.15, 0.2) is 29.2 Å². The normalized spacial score (nSPS) is 30.4. The second-order valence-corrected chi connectivity index (χ2v) is 7.03. The molecular formula is C15H19ClF3NO2S. The lowest BCUT2D eigenvalue weighted by Gasteiger charge is -2.35. The molecule has 1 heterocycles. The molecule has 0 radical (unpaired) electrons. The van der Waals surface area contributed by atoms with E-state index in [9.17, 15) is 18.3 Å². The predicted octanol–water partition coefficient (Wildman–Crippen LogP) is 3.46. The van der Waals surface area contributed by atoms with Gasteiger partial charge in [-0.05, 0) is 67.7 Å². The van der Waals surface area contributed by atoms with E-state index in [1.165, 1.54) is 12.1 Å². The first-order valence-corrected chi connectivity index (χ1v) is 8.13. The van der Waals surface area contributed by atoms with Crippen LogP contribution in [-0.4, -0.2) is 35.9 Å². The second kappa shape index (κ2) is 7.51. The Bertz CT molecular complexity index is 532. The third kappa shape index (κ3) is 4.92. The third-order valence-corrected chi connectivity index (χ3v) is 5.04. The van der Waals surface area contributed by atoms with E-state index in [4.69, 9.17) is 4.74 Å². The summed E-state index contributed by atoms with van der Waals surface area (Å²) in [4.78, 5) is 0.0932. The van der Waals surface area contributed by atoms with Crippen LogP contribution in [0.25, 0.3) is 0 Å². The number of ether oxygens (including phenoxy) is 1. The van der Waals surface area contributed by atoms with Gasteiger partial charge in [0, 0.05) is 4.90 Å². The molecule has 1 aromatic rings. The van der Waals surface area contributed by atoms with E-state index in [1.807, 2.05) is 0 Å². The Kier molecular flexibility index (Phi) is 6.10. The molecule has 3 nitrogen and oxygen atoms in total. The van der Waals surface area contributed by atoms with Crippen molar-refractivity contribution in [2.45, 2.75) is 35.5 Å². The Morgan fingerprint density at radius 3 is 2.57 bits per heavy atom. The molecule has 130 valence electrons. The van der Waals surface area contributed by atoms with Gasteiger partial charge in [0.1, 0.15) is 11.9 Å². The SMILES string of the molecule is Cl.O[C@@H]1C[C@H]2CNC[C@H]2C[C@H]1Oc1cccc(SC(F)(F)F)c1. The van der Waals surface area contributed by atoms with Crippen LogP contribution >= 0.6 is 24.2 Å². The highest BCUT2D eigenvalue weighted by atomic mass is 35.5. The van der Waals surface area contributed by atoms with Crippen molar-refractivity contribution in [2.24, 2.45) is 11.8 Å². The number of hydrogen-bond donors (Lipinski definition) is 2. The molecule has 3 rings (SSSR count). The molecule has 0 spiro atoms. The van der Waals surface area contributed by atoms with Crippen molar-refractivity contribution in [3.63, 3.8) is 0 Å². The van der Waals surface area contributed by atoms with Gasteiger partial charge in [-0.3, -0.25) is 0 Å². The number of fused-ring (bicyclic) bond motifs is 1. The topological polar surface area (TPSA) is 41.5 Å². The molecule has 1 saturated carbocycles. The molecule has 2 aliphatic rings. The minimum absolute atomic E-state index is 0. The number of hydrogen-bond acceptors (Lipinski definition) is 4. The molecule has 1 aliphatic carbocycles. The zero-order valence-corrected chi connectivity index (χ0v) is 13.9. The lowest BCUT2D eigenvalue weighted by molar-refractivity contribution is -0.0329. The molecule has 2 N–H and O–H groups in total. The molecule has 2 fully saturated rings. The summed E-state index contributed by atoms with van der Waals surface area (Å²) in [6, 6.07) is 5.95. The molecule has 23 heavy (non-hydrogen) atoms. The van der Waals surface area contributed by atoms with Crippen LogP contribution < -0.4 is 10.1 Å². The molecule has 0 bridgehead atoms. The summed E-state index contributed by atoms with van der Waals surface area (Å²) in [5.74, 6) is 1.32. The van der Waals surface area contributed by atoms with Crippen molar-refractivity contribution >= 4 is 24.2 Å². The first kappa shape index (κ1) is 18.7. The average Bonchev–Trinajstić information content (AvgIpc) is 2.84. The minimum atomic E-state index is -4.31. The Balaban J connectivity index is 0.00000192. The Morgan fingerprint density at radius 1 is 1.17 bits per heavy atom. The van der Waals surface area contributed by atoms with E-state index in [2.05, 4.69) is 5.32 Å². The van der Waals surface area contributed by atoms with Gasteiger partial charge >= 0.3 is 5.51 Å². The number of halogens is 4. The summed E-state index contributed by atoms with van der Waals surface area (Å²) < 4.78 is 43.0. The van der Waals surface area contributed by atoms with Gasteiger partial charge in [-0.2, -0.15) is 13.2 Å². The van der Waals surface area contributed by atoms with Crippen LogP contribution in [0.2, 0.25) is 0 Å². The number of thioether (sulfide) groups is 1. The zero-order valence-electron chi connectivity index (χ0n) is 12.3. The molecule has 1 aromatic carbocycles. The smallest absolute Gasteiger partial charge is 0.446 e. The minimum Gasteiger partial charge on any atom is -0.488 e. The van der Waals surface area contributed by atoms with E-state index in [0.717, 1.165) is 19.5 Å². The van der Waals surface area contributed by atoms with Gasteiger partial charge in [0.2, 0.25) is 0 Å². The van der Waals surface area contributed by atoms with Gasteiger partial charge in [0.25, 0.3) is 0 Å². The van der Waals surface area contributed by atoms with Crippen molar-refractivity contribution in [3.05, 3.63) is 24.3 Å². The summed E-state index contributed by atoms with van der Waals surface area (Å²) in [6.07, 6.45) is 0.488. The molecule has 8 heteroatoms. The van der Waals surface area contributed by atoms with Crippen LogP contribution in [-0.2, 0) is 0 Å². The molecule has 0 amide bonds. The van der Waals surface area contributed by atoms with E-state index in [-0.39, 0.29) is 35.2 Å². The summed E-state index contributed by atoms with van der Waals surface area (Å²) in [5, 5.41) is 13.5. The Morgan fingerprint density at radius 2 is 1.87 bits per heavy atom. The summed E-state index contributed by atoms with van der Waals surface area (Å²) in [7, 11) is 0. The van der Waals surface area contributed by atoms with Gasteiger partial charge in [-0.15, -0.1) is 12.4 Å². The maximum absolute atomic E-state index is 12.4. The van der Waals surface area contributed by atoms with Gasteiger partial charge in [-0.1, -0.05) is 6.07 Å². The Labute approximate surface area is 143 Å². The Hall–Kier alpha value is -0.630. The monoisotopic (exact) mass is 369 g/mol. The highest BCUT2D eigenvalue weighted by Gasteiger charge is 2.40. The molecule has 4 atom stereocenters. The standard InChI is InChI=1S/C15H18F3NO2S.ClH/c16-15(17,18)22-12-3-1-2-11(6-12)21-14-5-10-8-19-7-9(10)4-13(14)20;/h1-3,6,9-10,13-14,19-20H,4-5,7-8H2;1H/t9-,10+,13+,14+;/m0./s1. The molecule has 0 unspecified atom stereocenters. The van der Waals surface area contributed by atoms with Crippen LogP contribution in [0.1, 0.15) is 12.8 Å². The lowest BCUT2D eigenvalue weighted by atomic mass is 9.78. The average molecular weight is 370 g/mol. The number of aliphatic hydroxyl groups is 1. The highest BCUT2D eigenvalue weighted by molar-refractivity contribution is 8.00. The number of benzene rings is 1. The first-order chi connectivity index (χ1) is 10.4. The van der Waals surface area contributed by atoms with Crippen molar-refractivity contribution in [2.75, 3.05) is 13.1 Å². The largest absolute Gasteiger partial charge is 0.488 e. The quantitative estimate of drug-likeness (QED) is 0.801. The fraction of sp³-hybridized carbons (Fsp3) is 0.600. The maximum Gasteiger partial charge on any atom is 0.446 e. The number of rotatable bonds is 3. The van der Waals surface area contributed by atoms with E-state index >= 15 is 0 Å². The van der Waals surface area contributed by atoms with Crippen LogP contribution in [0, 0.1) is 11.8 Å². The highest BCUT2D eigenvalue weighted by Crippen LogP contribution is 2.39. The van der Waals surface area contributed by atoms with E-state index < -0.39 is 11.6 Å². The third-order valence-electron chi connectivity index (χ3n) is 4.31. The van der Waals surface area contributed by atoms with Gasteiger partial charge in [-0.25, -0.2) is 0 Å². The number of aliphatic hydroxyl groups excluding tert-OH is 1. The van der Waals surface area contributed by atoms with Crippen LogP contribution in [0.4, 0.5) is 13.2 Å². The molecule has 1 aliphatic heterocycles. The van der Waals surface area contributed by atoms with Gasteiger partial charge in [0.05, 0.1) is 6.10 Å². The predicted molar refractivity (Wildman–Crippen MR) is 85.1 cm³/mol. The first-order valence-electron chi connectivity index (χ1n) is 7.32. The zero-order chi connectivity index (χ0) is 15.7. The second-order valence-electron chi connectivity index (χ2n) is 5.90. The number of nitrogens with one attached hydrogen (secondary N) is 1. The van der Waals surface area contributed by atoms with Crippen LogP contribution in [0.5, 0.6) is 5.75 Å². The molecular weight excluding hydrogens is 351 g/mol. The van der Waals surface area contributed by atoms with Crippen LogP contribution in [0.3, 0.4) is 0 Å². The summed E-state index contributed by atoms with van der Waals surface area (Å²) in [6.45, 7) is 1.84. The fourth-order valence-corrected chi connectivity index (χ4v) is 3.89. The molecule has 0 aromatic heterocycles. The summed E-state index contributed by atoms with van der Waals surface area (Å²) >= 11 is -0.159. The van der Waals surface area contributed by atoms with Crippen molar-refractivity contribution in [1.29, 1.82) is 0 Å². The van der Waals surface area contributed by atoms with E-state index in [1.54, 1.807) is 12.1 Å². The van der Waals surface area contributed by atoms with Crippen molar-refractivity contribution in [1.82, 2.24) is 5.32 Å². The van der Waals surface area contributed by atoms with Crippen molar-refractivity contribution < 1.29 is 23.0 Å². The van der Waals surface area contributed by atoms with Gasteiger partial charge < -0.3 is 15.2 Å².